The van der Waals surface area contributed by atoms with Crippen molar-refractivity contribution in [1.29, 1.82) is 0 Å². The van der Waals surface area contributed by atoms with E-state index in [2.05, 4.69) is 21.2 Å². The Morgan fingerprint density at radius 1 is 1.42 bits per heavy atom. The zero-order valence-corrected chi connectivity index (χ0v) is 16.9. The number of carbonyl (C=O) groups excluding carboxylic acids is 2. The highest BCUT2D eigenvalue weighted by molar-refractivity contribution is 9.10. The molecule has 142 valence electrons. The van der Waals surface area contributed by atoms with E-state index in [1.807, 2.05) is 32.0 Å². The molecule has 6 nitrogen and oxygen atoms in total. The van der Waals surface area contributed by atoms with Gasteiger partial charge in [-0.05, 0) is 63.3 Å². The Morgan fingerprint density at radius 2 is 2.12 bits per heavy atom. The number of amides is 2. The third-order valence-corrected chi connectivity index (χ3v) is 5.86. The summed E-state index contributed by atoms with van der Waals surface area (Å²) in [5.74, 6) is -0.155. The fourth-order valence-electron chi connectivity index (χ4n) is 3.56. The lowest BCUT2D eigenvalue weighted by Crippen LogP contribution is -2.53. The standard InChI is InChI=1S/C19H25BrN2O4/c1-18(2)13-11-12(20)6-7-14(13)22(17(18)25)19(8-9-19)16(24)21-10-4-5-15(23)26-3/h6-7,11,15,23H,4-5,8-10H2,1-3H3,(H,21,24). The number of halogens is 1. The summed E-state index contributed by atoms with van der Waals surface area (Å²) in [6, 6.07) is 5.78. The monoisotopic (exact) mass is 424 g/mol. The van der Waals surface area contributed by atoms with Gasteiger partial charge >= 0.3 is 0 Å². The van der Waals surface area contributed by atoms with Crippen molar-refractivity contribution in [3.05, 3.63) is 28.2 Å². The van der Waals surface area contributed by atoms with Crippen LogP contribution in [0.3, 0.4) is 0 Å². The summed E-state index contributed by atoms with van der Waals surface area (Å²) in [6.45, 7) is 4.25. The molecule has 1 aliphatic carbocycles. The van der Waals surface area contributed by atoms with Crippen molar-refractivity contribution in [2.75, 3.05) is 18.6 Å². The molecule has 0 saturated heterocycles. The Labute approximate surface area is 162 Å². The Hall–Kier alpha value is -1.44. The van der Waals surface area contributed by atoms with Crippen LogP contribution in [0, 0.1) is 0 Å². The predicted octanol–water partition coefficient (Wildman–Crippen LogP) is 2.47. The average molecular weight is 425 g/mol. The minimum atomic E-state index is -0.812. The van der Waals surface area contributed by atoms with Crippen molar-refractivity contribution in [1.82, 2.24) is 5.32 Å². The lowest BCUT2D eigenvalue weighted by atomic mass is 9.86. The molecule has 0 bridgehead atoms. The van der Waals surface area contributed by atoms with Gasteiger partial charge in [0.2, 0.25) is 11.8 Å². The summed E-state index contributed by atoms with van der Waals surface area (Å²) in [5, 5.41) is 12.3. The SMILES string of the molecule is COC(O)CCCNC(=O)C1(N2C(=O)C(C)(C)c3cc(Br)ccc32)CC1. The van der Waals surface area contributed by atoms with Gasteiger partial charge in [0.25, 0.3) is 0 Å². The number of aliphatic hydroxyl groups excluding tert-OH is 1. The zero-order valence-electron chi connectivity index (χ0n) is 15.3. The molecule has 2 aliphatic rings. The van der Waals surface area contributed by atoms with Gasteiger partial charge in [-0.25, -0.2) is 0 Å². The minimum absolute atomic E-state index is 0.0342. The van der Waals surface area contributed by atoms with Crippen molar-refractivity contribution in [3.63, 3.8) is 0 Å². The van der Waals surface area contributed by atoms with Crippen LogP contribution in [-0.4, -0.2) is 42.4 Å². The van der Waals surface area contributed by atoms with Gasteiger partial charge in [0.1, 0.15) is 5.54 Å². The number of fused-ring (bicyclic) bond motifs is 1. The molecular weight excluding hydrogens is 400 g/mol. The smallest absolute Gasteiger partial charge is 0.246 e. The molecule has 2 amide bonds. The Balaban J connectivity index is 1.76. The van der Waals surface area contributed by atoms with E-state index in [9.17, 15) is 14.7 Å². The van der Waals surface area contributed by atoms with Gasteiger partial charge in [-0.15, -0.1) is 0 Å². The molecule has 1 aromatic rings. The summed E-state index contributed by atoms with van der Waals surface area (Å²) in [4.78, 5) is 27.7. The van der Waals surface area contributed by atoms with Crippen molar-refractivity contribution in [2.24, 2.45) is 0 Å². The fraction of sp³-hybridized carbons (Fsp3) is 0.579. The lowest BCUT2D eigenvalue weighted by molar-refractivity contribution is -0.128. The van der Waals surface area contributed by atoms with Gasteiger partial charge < -0.3 is 15.2 Å². The van der Waals surface area contributed by atoms with Gasteiger partial charge in [0.05, 0.1) is 5.41 Å². The fourth-order valence-corrected chi connectivity index (χ4v) is 3.93. The number of anilines is 1. The molecule has 0 radical (unpaired) electrons. The Morgan fingerprint density at radius 3 is 2.73 bits per heavy atom. The van der Waals surface area contributed by atoms with E-state index in [0.717, 1.165) is 15.7 Å². The molecule has 2 N–H and O–H groups in total. The first-order chi connectivity index (χ1) is 12.2. The van der Waals surface area contributed by atoms with Crippen LogP contribution in [0.25, 0.3) is 0 Å². The number of aliphatic hydroxyl groups is 1. The third-order valence-electron chi connectivity index (χ3n) is 5.37. The van der Waals surface area contributed by atoms with Crippen LogP contribution in [0.2, 0.25) is 0 Å². The van der Waals surface area contributed by atoms with Gasteiger partial charge in [0, 0.05) is 23.8 Å². The maximum Gasteiger partial charge on any atom is 0.246 e. The molecule has 1 aliphatic heterocycles. The van der Waals surface area contributed by atoms with Crippen LogP contribution in [0.1, 0.15) is 45.1 Å². The molecule has 1 aromatic carbocycles. The number of ether oxygens (including phenoxy) is 1. The van der Waals surface area contributed by atoms with E-state index in [1.165, 1.54) is 7.11 Å². The van der Waals surface area contributed by atoms with E-state index in [1.54, 1.807) is 4.90 Å². The molecule has 0 spiro atoms. The first-order valence-electron chi connectivity index (χ1n) is 8.88. The summed E-state index contributed by atoms with van der Waals surface area (Å²) in [7, 11) is 1.44. The highest BCUT2D eigenvalue weighted by Gasteiger charge is 2.62. The van der Waals surface area contributed by atoms with Crippen molar-refractivity contribution < 1.29 is 19.4 Å². The molecule has 1 saturated carbocycles. The van der Waals surface area contributed by atoms with Gasteiger partial charge in [-0.2, -0.15) is 0 Å². The number of rotatable bonds is 7. The number of carbonyl (C=O) groups is 2. The van der Waals surface area contributed by atoms with Gasteiger partial charge in [-0.3, -0.25) is 14.5 Å². The summed E-state index contributed by atoms with van der Waals surface area (Å²) in [6.07, 6.45) is 1.58. The largest absolute Gasteiger partial charge is 0.368 e. The second kappa shape index (κ2) is 6.94. The van der Waals surface area contributed by atoms with Crippen LogP contribution in [-0.2, 0) is 19.7 Å². The number of nitrogens with zero attached hydrogens (tertiary/aromatic N) is 1. The predicted molar refractivity (Wildman–Crippen MR) is 102 cm³/mol. The molecule has 26 heavy (non-hydrogen) atoms. The molecular formula is C19H25BrN2O4. The van der Waals surface area contributed by atoms with Crippen LogP contribution < -0.4 is 10.2 Å². The van der Waals surface area contributed by atoms with Crippen molar-refractivity contribution >= 4 is 33.4 Å². The molecule has 1 unspecified atom stereocenters. The Kier molecular flexibility index (Phi) is 5.16. The van der Waals surface area contributed by atoms with Crippen molar-refractivity contribution in [2.45, 2.75) is 56.8 Å². The van der Waals surface area contributed by atoms with Crippen LogP contribution >= 0.6 is 15.9 Å². The topological polar surface area (TPSA) is 78.9 Å². The van der Waals surface area contributed by atoms with E-state index in [-0.39, 0.29) is 11.8 Å². The van der Waals surface area contributed by atoms with Crippen molar-refractivity contribution in [3.8, 4) is 0 Å². The average Bonchev–Trinajstić information content (AvgIpc) is 3.37. The van der Waals surface area contributed by atoms with E-state index < -0.39 is 17.2 Å². The van der Waals surface area contributed by atoms with Crippen LogP contribution in [0.5, 0.6) is 0 Å². The highest BCUT2D eigenvalue weighted by atomic mass is 79.9. The minimum Gasteiger partial charge on any atom is -0.368 e. The summed E-state index contributed by atoms with van der Waals surface area (Å²) >= 11 is 3.47. The number of benzene rings is 1. The number of hydrogen-bond donors (Lipinski definition) is 2. The molecule has 3 rings (SSSR count). The maximum atomic E-state index is 13.1. The molecule has 1 atom stereocenters. The third kappa shape index (κ3) is 3.17. The van der Waals surface area contributed by atoms with Gasteiger partial charge in [0.15, 0.2) is 6.29 Å². The summed E-state index contributed by atoms with van der Waals surface area (Å²) < 4.78 is 5.71. The number of methoxy groups -OCH3 is 1. The van der Waals surface area contributed by atoms with Crippen LogP contribution in [0.4, 0.5) is 5.69 Å². The number of hydrogen-bond acceptors (Lipinski definition) is 4. The second-order valence-electron chi connectivity index (χ2n) is 7.55. The normalized spacial score (nSPS) is 20.7. The van der Waals surface area contributed by atoms with E-state index in [0.29, 0.717) is 32.2 Å². The number of nitrogens with one attached hydrogen (secondary N) is 1. The molecule has 0 aromatic heterocycles. The van der Waals surface area contributed by atoms with E-state index >= 15 is 0 Å². The second-order valence-corrected chi connectivity index (χ2v) is 8.46. The highest BCUT2D eigenvalue weighted by Crippen LogP contribution is 2.53. The maximum absolute atomic E-state index is 13.1. The first kappa shape index (κ1) is 19.3. The van der Waals surface area contributed by atoms with Crippen LogP contribution in [0.15, 0.2) is 22.7 Å². The first-order valence-corrected chi connectivity index (χ1v) is 9.67. The molecule has 7 heteroatoms. The lowest BCUT2D eigenvalue weighted by Gasteiger charge is -2.29. The zero-order chi connectivity index (χ0) is 19.1. The molecule has 1 fully saturated rings. The summed E-state index contributed by atoms with van der Waals surface area (Å²) in [5.41, 5.74) is 0.329. The van der Waals surface area contributed by atoms with E-state index in [4.69, 9.17) is 4.74 Å². The van der Waals surface area contributed by atoms with Gasteiger partial charge in [-0.1, -0.05) is 15.9 Å². The quantitative estimate of drug-likeness (QED) is 0.520. The Bertz CT molecular complexity index is 730. The molecule has 1 heterocycles.